The molecule has 4 heterocycles. The van der Waals surface area contributed by atoms with Crippen molar-refractivity contribution >= 4 is 93.3 Å². The lowest BCUT2D eigenvalue weighted by Crippen LogP contribution is -2.08. The Morgan fingerprint density at radius 3 is 0.946 bits per heavy atom. The van der Waals surface area contributed by atoms with Gasteiger partial charge in [0, 0.05) is 85.1 Å². The molecule has 470 valence electrons. The van der Waals surface area contributed by atoms with E-state index < -0.39 is 0 Å². The van der Waals surface area contributed by atoms with Crippen molar-refractivity contribution in [1.82, 2.24) is 39.9 Å². The fourth-order valence-electron chi connectivity index (χ4n) is 7.99. The lowest BCUT2D eigenvalue weighted by molar-refractivity contribution is 0.310. The van der Waals surface area contributed by atoms with Crippen LogP contribution in [0.1, 0.15) is 11.1 Å². The molecule has 11 rings (SSSR count). The number of nitrogens with one attached hydrogen (secondary N) is 9. The molecule has 0 aliphatic rings. The molecule has 0 unspecified atom stereocenters. The number of aromatic nitrogens is 8. The van der Waals surface area contributed by atoms with E-state index in [1.807, 2.05) is 176 Å². The monoisotopic (exact) mass is 1240 g/mol. The summed E-state index contributed by atoms with van der Waals surface area (Å²) in [6.45, 7) is 2.05. The molecule has 23 nitrogen and oxygen atoms in total. The third-order valence-electron chi connectivity index (χ3n) is 12.4. The molecule has 0 aliphatic carbocycles. The Kier molecular flexibility index (Phi) is 27.2. The molecule has 0 bridgehead atoms. The van der Waals surface area contributed by atoms with Gasteiger partial charge < -0.3 is 77.8 Å². The molecule has 13 N–H and O–H groups in total. The summed E-state index contributed by atoms with van der Waals surface area (Å²) in [5, 5.41) is 63.1. The maximum Gasteiger partial charge on any atom is 0.229 e. The first-order valence-electron chi connectivity index (χ1n) is 29.3. The van der Waals surface area contributed by atoms with Crippen LogP contribution in [0, 0.1) is 0 Å². The quantitative estimate of drug-likeness (QED) is 0.0213. The van der Waals surface area contributed by atoms with E-state index in [2.05, 4.69) is 112 Å². The van der Waals surface area contributed by atoms with Gasteiger partial charge >= 0.3 is 0 Å². The van der Waals surface area contributed by atoms with Gasteiger partial charge in [0.2, 0.25) is 23.8 Å². The maximum atomic E-state index is 8.85. The van der Waals surface area contributed by atoms with Gasteiger partial charge in [-0.05, 0) is 145 Å². The minimum absolute atomic E-state index is 0.0512. The van der Waals surface area contributed by atoms with Crippen molar-refractivity contribution in [2.24, 2.45) is 0 Å². The number of para-hydroxylation sites is 2. The second-order valence-corrected chi connectivity index (χ2v) is 19.3. The number of benzene rings is 7. The third-order valence-corrected chi connectivity index (χ3v) is 12.4. The first-order valence-corrected chi connectivity index (χ1v) is 29.3. The Morgan fingerprint density at radius 1 is 0.304 bits per heavy atom. The zero-order valence-electron chi connectivity index (χ0n) is 50.5. The molecule has 0 saturated heterocycles. The number of methoxy groups -OCH3 is 1. The van der Waals surface area contributed by atoms with Crippen LogP contribution in [0.3, 0.4) is 0 Å². The number of rotatable bonds is 27. The Morgan fingerprint density at radius 2 is 0.587 bits per heavy atom. The molecule has 92 heavy (non-hydrogen) atoms. The van der Waals surface area contributed by atoms with Crippen LogP contribution in [-0.2, 0) is 0 Å². The summed E-state index contributed by atoms with van der Waals surface area (Å²) in [5.74, 6) is 7.00. The van der Waals surface area contributed by atoms with Crippen molar-refractivity contribution in [3.63, 3.8) is 0 Å². The molecule has 0 amide bonds. The van der Waals surface area contributed by atoms with Gasteiger partial charge in [-0.1, -0.05) is 91.0 Å². The van der Waals surface area contributed by atoms with Gasteiger partial charge in [-0.15, -0.1) is 0 Å². The van der Waals surface area contributed by atoms with E-state index in [-0.39, 0.29) is 26.4 Å². The molecule has 7 aromatic carbocycles. The zero-order chi connectivity index (χ0) is 64.1. The largest absolute Gasteiger partial charge is 0.497 e. The minimum Gasteiger partial charge on any atom is -0.497 e. The highest BCUT2D eigenvalue weighted by Crippen LogP contribution is 2.26. The van der Waals surface area contributed by atoms with E-state index in [1.165, 1.54) is 5.56 Å². The molecule has 0 radical (unpaired) electrons. The number of nitrogens with zero attached hydrogens (tertiary/aromatic N) is 8. The lowest BCUT2D eigenvalue weighted by Gasteiger charge is -2.09. The SMILES string of the molecule is COc1ccc(Nc2nccc(NCCO)n2)cc1.OCCNc1ccnc(Nc2ccc(/C=C/c3ccccc3)cc2)n1.OCCNc1ccnc(Nc2ccc(Nc3ccccc3)cc2)n1.OCCNc1ccnc(Nc2ccc(Oc3ccccc3)cc2)n1. The van der Waals surface area contributed by atoms with Crippen molar-refractivity contribution in [2.45, 2.75) is 0 Å². The molecule has 0 saturated carbocycles. The van der Waals surface area contributed by atoms with Gasteiger partial charge in [-0.25, -0.2) is 19.9 Å². The second-order valence-electron chi connectivity index (χ2n) is 19.3. The van der Waals surface area contributed by atoms with Crippen LogP contribution in [-0.4, -0.2) is 120 Å². The summed E-state index contributed by atoms with van der Waals surface area (Å²) in [4.78, 5) is 34.0. The van der Waals surface area contributed by atoms with Crippen molar-refractivity contribution < 1.29 is 29.9 Å². The molecule has 23 heteroatoms. The van der Waals surface area contributed by atoms with Gasteiger partial charge in [0.05, 0.1) is 33.5 Å². The average Bonchev–Trinajstić information content (AvgIpc) is 3.69. The van der Waals surface area contributed by atoms with E-state index in [0.29, 0.717) is 73.2 Å². The van der Waals surface area contributed by atoms with Crippen molar-refractivity contribution in [2.75, 3.05) is 108 Å². The van der Waals surface area contributed by atoms with Crippen LogP contribution in [0.4, 0.5) is 81.2 Å². The molecule has 0 spiro atoms. The predicted molar refractivity (Wildman–Crippen MR) is 367 cm³/mol. The highest BCUT2D eigenvalue weighted by molar-refractivity contribution is 5.71. The number of hydrogen-bond donors (Lipinski definition) is 13. The maximum absolute atomic E-state index is 8.85. The summed E-state index contributed by atoms with van der Waals surface area (Å²) in [6, 6.07) is 67.8. The molecule has 0 aliphatic heterocycles. The molecule has 0 atom stereocenters. The highest BCUT2D eigenvalue weighted by Gasteiger charge is 2.06. The zero-order valence-corrected chi connectivity index (χ0v) is 50.5. The van der Waals surface area contributed by atoms with Crippen LogP contribution in [0.25, 0.3) is 12.2 Å². The number of anilines is 14. The first-order chi connectivity index (χ1) is 45.3. The molecule has 11 aromatic rings. The van der Waals surface area contributed by atoms with Crippen LogP contribution >= 0.6 is 0 Å². The second kappa shape index (κ2) is 37.8. The number of ether oxygens (including phenoxy) is 2. The van der Waals surface area contributed by atoms with Gasteiger partial charge in [0.1, 0.15) is 40.5 Å². The van der Waals surface area contributed by atoms with E-state index in [9.17, 15) is 0 Å². The summed E-state index contributed by atoms with van der Waals surface area (Å²) in [5.41, 5.74) is 7.88. The Hall–Kier alpha value is -11.8. The molecule has 4 aromatic heterocycles. The summed E-state index contributed by atoms with van der Waals surface area (Å²) in [6.07, 6.45) is 10.8. The normalized spacial score (nSPS) is 10.3. The summed E-state index contributed by atoms with van der Waals surface area (Å²) in [7, 11) is 1.63. The standard InChI is InChI=1S/C20H20N4O.C18H19N5O.C18H18N4O2.C13H16N4O2/c25-15-14-21-19-12-13-22-20(24-19)23-18-10-8-17(9-11-18)7-6-16-4-2-1-3-5-16;24-13-12-19-17-10-11-20-18(23-17)22-16-8-6-15(7-9-16)21-14-4-2-1-3-5-14;23-13-12-19-17-10-11-20-18(22-17)21-14-6-8-16(9-7-14)24-15-4-2-1-3-5-15;1-19-11-4-2-10(3-5-11)16-13-15-7-6-12(17-13)14-8-9-18/h1-13,25H,14-15H2,(H2,21,22,23,24);1-11,21,24H,12-13H2,(H2,19,20,22,23);1-11,23H,12-13H2,(H2,19,20,21,22);2-7,18H,8-9H2,1H3,(H2,14,15,16,17)/b7-6+;;;. The summed E-state index contributed by atoms with van der Waals surface area (Å²) < 4.78 is 10.8. The van der Waals surface area contributed by atoms with E-state index >= 15 is 0 Å². The van der Waals surface area contributed by atoms with Gasteiger partial charge in [-0.2, -0.15) is 19.9 Å². The van der Waals surface area contributed by atoms with Crippen molar-refractivity contribution in [1.29, 1.82) is 0 Å². The van der Waals surface area contributed by atoms with Gasteiger partial charge in [0.15, 0.2) is 0 Å². The number of aliphatic hydroxyl groups excluding tert-OH is 4. The van der Waals surface area contributed by atoms with Gasteiger partial charge in [-0.3, -0.25) is 0 Å². The molecule has 0 fully saturated rings. The van der Waals surface area contributed by atoms with Crippen LogP contribution in [0.15, 0.2) is 237 Å². The Labute approximate surface area is 533 Å². The average molecular weight is 1240 g/mol. The Balaban J connectivity index is 0.000000159. The third kappa shape index (κ3) is 24.1. The summed E-state index contributed by atoms with van der Waals surface area (Å²) >= 11 is 0. The van der Waals surface area contributed by atoms with Gasteiger partial charge in [0.25, 0.3) is 0 Å². The smallest absolute Gasteiger partial charge is 0.229 e. The highest BCUT2D eigenvalue weighted by atomic mass is 16.5. The Bertz CT molecular complexity index is 3730. The van der Waals surface area contributed by atoms with Crippen LogP contribution < -0.4 is 57.3 Å². The minimum atomic E-state index is 0.0512. The van der Waals surface area contributed by atoms with E-state index in [0.717, 1.165) is 56.9 Å². The van der Waals surface area contributed by atoms with Crippen molar-refractivity contribution in [3.8, 4) is 17.2 Å². The first kappa shape index (κ1) is 66.2. The van der Waals surface area contributed by atoms with Crippen molar-refractivity contribution in [3.05, 3.63) is 248 Å². The molecular weight excluding hydrogens is 1160 g/mol. The predicted octanol–water partition coefficient (Wildman–Crippen LogP) is 12.2. The fraction of sp³-hybridized carbons (Fsp3) is 0.130. The topological polar surface area (TPSA) is 311 Å². The number of hydrogen-bond acceptors (Lipinski definition) is 23. The number of aliphatic hydroxyl groups is 4. The lowest BCUT2D eigenvalue weighted by atomic mass is 10.1. The van der Waals surface area contributed by atoms with E-state index in [4.69, 9.17) is 29.9 Å². The van der Waals surface area contributed by atoms with E-state index in [1.54, 1.807) is 56.2 Å². The van der Waals surface area contributed by atoms with Crippen LogP contribution in [0.5, 0.6) is 17.2 Å². The molecular formula is C69H73N17O6. The fourth-order valence-corrected chi connectivity index (χ4v) is 7.99. The van der Waals surface area contributed by atoms with Crippen LogP contribution in [0.2, 0.25) is 0 Å².